The third kappa shape index (κ3) is 2.94. The molecular formula is C19H22N4O. The van der Waals surface area contributed by atoms with Gasteiger partial charge in [-0.05, 0) is 43.2 Å². The third-order valence-electron chi connectivity index (χ3n) is 4.74. The maximum Gasteiger partial charge on any atom is 0.235 e. The van der Waals surface area contributed by atoms with Crippen molar-refractivity contribution in [2.75, 3.05) is 5.32 Å². The van der Waals surface area contributed by atoms with Crippen LogP contribution in [0.15, 0.2) is 42.7 Å². The first-order chi connectivity index (χ1) is 11.8. The molecule has 124 valence electrons. The van der Waals surface area contributed by atoms with Crippen molar-refractivity contribution in [3.63, 3.8) is 0 Å². The van der Waals surface area contributed by atoms with Gasteiger partial charge in [-0.2, -0.15) is 0 Å². The maximum atomic E-state index is 9.55. The Morgan fingerprint density at radius 2 is 1.79 bits per heavy atom. The molecule has 2 heterocycles. The number of fused-ring (bicyclic) bond motifs is 1. The van der Waals surface area contributed by atoms with Crippen molar-refractivity contribution in [2.45, 2.75) is 44.6 Å². The third-order valence-corrected chi connectivity index (χ3v) is 4.74. The van der Waals surface area contributed by atoms with Crippen LogP contribution in [0.1, 0.15) is 38.5 Å². The highest BCUT2D eigenvalue weighted by Crippen LogP contribution is 2.31. The number of nitrogens with zero attached hydrogens (tertiary/aromatic N) is 3. The summed E-state index contributed by atoms with van der Waals surface area (Å²) < 4.78 is 2.02. The summed E-state index contributed by atoms with van der Waals surface area (Å²) in [7, 11) is 0. The van der Waals surface area contributed by atoms with E-state index < -0.39 is 0 Å². The fraction of sp³-hybridized carbons (Fsp3) is 0.368. The molecule has 5 heteroatoms. The Balaban J connectivity index is 1.76. The maximum absolute atomic E-state index is 9.55. The fourth-order valence-corrected chi connectivity index (χ4v) is 3.46. The molecule has 24 heavy (non-hydrogen) atoms. The number of benzene rings is 1. The van der Waals surface area contributed by atoms with Gasteiger partial charge in [-0.1, -0.05) is 25.7 Å². The summed E-state index contributed by atoms with van der Waals surface area (Å²) in [5.74, 6) is 1.95. The van der Waals surface area contributed by atoms with Gasteiger partial charge in [0.05, 0.1) is 0 Å². The zero-order chi connectivity index (χ0) is 16.4. The van der Waals surface area contributed by atoms with Gasteiger partial charge < -0.3 is 10.4 Å². The molecule has 0 bridgehead atoms. The number of nitrogens with one attached hydrogen (secondary N) is 1. The predicted octanol–water partition coefficient (Wildman–Crippen LogP) is 4.24. The molecule has 0 radical (unpaired) electrons. The van der Waals surface area contributed by atoms with E-state index in [0.717, 1.165) is 17.1 Å². The largest absolute Gasteiger partial charge is 0.508 e. The highest BCUT2D eigenvalue weighted by Gasteiger charge is 2.19. The summed E-state index contributed by atoms with van der Waals surface area (Å²) in [5, 5.41) is 13.3. The number of hydrogen-bond acceptors (Lipinski definition) is 4. The molecule has 2 aromatic heterocycles. The van der Waals surface area contributed by atoms with E-state index in [2.05, 4.69) is 10.3 Å². The van der Waals surface area contributed by atoms with Gasteiger partial charge in [0.2, 0.25) is 5.78 Å². The summed E-state index contributed by atoms with van der Waals surface area (Å²) in [6.07, 6.45) is 11.4. The van der Waals surface area contributed by atoms with E-state index in [0.29, 0.717) is 11.8 Å². The van der Waals surface area contributed by atoms with Crippen LogP contribution in [0.2, 0.25) is 0 Å². The van der Waals surface area contributed by atoms with Crippen molar-refractivity contribution in [1.82, 2.24) is 14.4 Å². The Morgan fingerprint density at radius 1 is 1.04 bits per heavy atom. The van der Waals surface area contributed by atoms with Gasteiger partial charge in [0.15, 0.2) is 0 Å². The van der Waals surface area contributed by atoms with Crippen LogP contribution in [0.25, 0.3) is 17.0 Å². The summed E-state index contributed by atoms with van der Waals surface area (Å²) in [6, 6.07) is 9.59. The van der Waals surface area contributed by atoms with Crippen LogP contribution in [-0.4, -0.2) is 25.5 Å². The number of phenols is 1. The van der Waals surface area contributed by atoms with Crippen LogP contribution in [0, 0.1) is 0 Å². The van der Waals surface area contributed by atoms with E-state index in [9.17, 15) is 5.11 Å². The van der Waals surface area contributed by atoms with E-state index in [4.69, 9.17) is 4.98 Å². The van der Waals surface area contributed by atoms with Crippen LogP contribution in [0.3, 0.4) is 0 Å². The average Bonchev–Trinajstić information content (AvgIpc) is 2.78. The lowest BCUT2D eigenvalue weighted by molar-refractivity contribution is 0.475. The number of aromatic nitrogens is 3. The molecule has 1 aromatic carbocycles. The van der Waals surface area contributed by atoms with Crippen LogP contribution in [0.4, 0.5) is 5.82 Å². The second-order valence-corrected chi connectivity index (χ2v) is 6.48. The number of rotatable bonds is 3. The molecule has 0 aliphatic heterocycles. The standard InChI is InChI=1S/C19H22N4O/c24-16-10-8-14(9-11-16)17-18(21-15-6-3-1-2-4-7-15)23-13-5-12-20-19(23)22-17/h5,8-13,15,21,24H,1-4,6-7H2. The zero-order valence-electron chi connectivity index (χ0n) is 13.7. The van der Waals surface area contributed by atoms with Crippen LogP contribution in [0.5, 0.6) is 5.75 Å². The van der Waals surface area contributed by atoms with Gasteiger partial charge in [0.25, 0.3) is 0 Å². The lowest BCUT2D eigenvalue weighted by atomic mass is 10.1. The van der Waals surface area contributed by atoms with E-state index in [1.807, 2.05) is 28.8 Å². The average molecular weight is 322 g/mol. The predicted molar refractivity (Wildman–Crippen MR) is 95.2 cm³/mol. The second-order valence-electron chi connectivity index (χ2n) is 6.48. The van der Waals surface area contributed by atoms with E-state index in [1.54, 1.807) is 18.3 Å². The number of phenolic OH excluding ortho intramolecular Hbond substituents is 1. The Morgan fingerprint density at radius 3 is 2.54 bits per heavy atom. The first kappa shape index (κ1) is 15.0. The lowest BCUT2D eigenvalue weighted by Gasteiger charge is -2.18. The Hall–Kier alpha value is -2.56. The summed E-state index contributed by atoms with van der Waals surface area (Å²) >= 11 is 0. The van der Waals surface area contributed by atoms with E-state index >= 15 is 0 Å². The molecule has 0 saturated heterocycles. The van der Waals surface area contributed by atoms with Gasteiger partial charge in [0.1, 0.15) is 17.3 Å². The minimum atomic E-state index is 0.263. The van der Waals surface area contributed by atoms with Crippen molar-refractivity contribution in [2.24, 2.45) is 0 Å². The van der Waals surface area contributed by atoms with Crippen LogP contribution < -0.4 is 5.32 Å². The first-order valence-electron chi connectivity index (χ1n) is 8.70. The van der Waals surface area contributed by atoms with Crippen molar-refractivity contribution in [3.05, 3.63) is 42.7 Å². The van der Waals surface area contributed by atoms with E-state index in [1.165, 1.54) is 38.5 Å². The summed E-state index contributed by atoms with van der Waals surface area (Å²) in [4.78, 5) is 9.09. The Kier molecular flexibility index (Phi) is 4.07. The number of imidazole rings is 1. The summed E-state index contributed by atoms with van der Waals surface area (Å²) in [5.41, 5.74) is 1.87. The normalized spacial score (nSPS) is 16.2. The molecule has 2 N–H and O–H groups in total. The Bertz CT molecular complexity index is 817. The number of aromatic hydroxyl groups is 1. The van der Waals surface area contributed by atoms with Gasteiger partial charge in [-0.3, -0.25) is 4.40 Å². The van der Waals surface area contributed by atoms with Crippen molar-refractivity contribution in [1.29, 1.82) is 0 Å². The molecule has 1 aliphatic carbocycles. The molecule has 3 aromatic rings. The molecule has 1 fully saturated rings. The fourth-order valence-electron chi connectivity index (χ4n) is 3.46. The quantitative estimate of drug-likeness (QED) is 0.708. The monoisotopic (exact) mass is 322 g/mol. The van der Waals surface area contributed by atoms with Gasteiger partial charge in [-0.15, -0.1) is 0 Å². The van der Waals surface area contributed by atoms with Crippen molar-refractivity contribution >= 4 is 11.6 Å². The van der Waals surface area contributed by atoms with Crippen LogP contribution >= 0.6 is 0 Å². The molecule has 4 rings (SSSR count). The molecule has 5 nitrogen and oxygen atoms in total. The van der Waals surface area contributed by atoms with Crippen molar-refractivity contribution in [3.8, 4) is 17.0 Å². The molecule has 0 amide bonds. The minimum Gasteiger partial charge on any atom is -0.508 e. The Labute approximate surface area is 141 Å². The zero-order valence-corrected chi connectivity index (χ0v) is 13.7. The van der Waals surface area contributed by atoms with Crippen LogP contribution in [-0.2, 0) is 0 Å². The minimum absolute atomic E-state index is 0.263. The molecular weight excluding hydrogens is 300 g/mol. The topological polar surface area (TPSA) is 62.5 Å². The SMILES string of the molecule is Oc1ccc(-c2nc3ncccn3c2NC2CCCCCC2)cc1. The van der Waals surface area contributed by atoms with Gasteiger partial charge >= 0.3 is 0 Å². The second kappa shape index (κ2) is 6.51. The number of hydrogen-bond donors (Lipinski definition) is 2. The molecule has 1 saturated carbocycles. The smallest absolute Gasteiger partial charge is 0.235 e. The van der Waals surface area contributed by atoms with Crippen molar-refractivity contribution < 1.29 is 5.11 Å². The lowest BCUT2D eigenvalue weighted by Crippen LogP contribution is -2.19. The highest BCUT2D eigenvalue weighted by atomic mass is 16.3. The molecule has 1 aliphatic rings. The molecule has 0 spiro atoms. The highest BCUT2D eigenvalue weighted by molar-refractivity contribution is 5.76. The first-order valence-corrected chi connectivity index (χ1v) is 8.70. The van der Waals surface area contributed by atoms with Gasteiger partial charge in [0, 0.05) is 24.0 Å². The molecule has 0 unspecified atom stereocenters. The van der Waals surface area contributed by atoms with E-state index in [-0.39, 0.29) is 5.75 Å². The van der Waals surface area contributed by atoms with Gasteiger partial charge in [-0.25, -0.2) is 9.97 Å². The number of anilines is 1. The summed E-state index contributed by atoms with van der Waals surface area (Å²) in [6.45, 7) is 0. The molecule has 0 atom stereocenters.